The van der Waals surface area contributed by atoms with Crippen LogP contribution in [-0.4, -0.2) is 87.8 Å². The maximum atomic E-state index is 13.4. The summed E-state index contributed by atoms with van der Waals surface area (Å²) in [5.74, 6) is -3.89. The number of nitrogens with two attached hydrogens (primary N) is 3. The second kappa shape index (κ2) is 13.4. The number of carboxylic acids is 2. The number of nitrogens with zero attached hydrogens (tertiary/aromatic N) is 7. The SMILES string of the molecule is CC(C)(O/N=C(\C(=O)N[C@@H]1C(=O)N2C(C(=O)O)=C(C[n+]3ccc4c(ccn4Cc4csc(N=C(N)N)n4)c3)CS[C@H]12)c1csc(N)n1)C(=O)O. The minimum absolute atomic E-state index is 0.0176. The van der Waals surface area contributed by atoms with Gasteiger partial charge in [0.15, 0.2) is 35.7 Å². The van der Waals surface area contributed by atoms with Gasteiger partial charge in [-0.1, -0.05) is 5.16 Å². The second-order valence-corrected chi connectivity index (χ2v) is 14.4. The fourth-order valence-electron chi connectivity index (χ4n) is 5.17. The highest BCUT2D eigenvalue weighted by atomic mass is 32.2. The number of nitrogens with one attached hydrogen (secondary N) is 1. The zero-order chi connectivity index (χ0) is 35.9. The number of hydrogen-bond donors (Lipinski definition) is 6. The Morgan fingerprint density at radius 3 is 2.64 bits per heavy atom. The first-order valence-corrected chi connectivity index (χ1v) is 17.5. The van der Waals surface area contributed by atoms with Crippen LogP contribution in [0.4, 0.5) is 10.3 Å². The summed E-state index contributed by atoms with van der Waals surface area (Å²) in [4.78, 5) is 69.5. The summed E-state index contributed by atoms with van der Waals surface area (Å²) < 4.78 is 3.86. The molecule has 2 aliphatic heterocycles. The number of carbonyl (C=O) groups excluding carboxylic acids is 2. The highest BCUT2D eigenvalue weighted by molar-refractivity contribution is 8.00. The summed E-state index contributed by atoms with van der Waals surface area (Å²) in [5.41, 5.74) is 16.5. The van der Waals surface area contributed by atoms with Crippen molar-refractivity contribution < 1.29 is 38.8 Å². The molecule has 0 bridgehead atoms. The van der Waals surface area contributed by atoms with E-state index < -0.39 is 46.5 Å². The number of aliphatic carboxylic acids is 2. The van der Waals surface area contributed by atoms with Crippen molar-refractivity contribution in [1.82, 2.24) is 24.8 Å². The van der Waals surface area contributed by atoms with Gasteiger partial charge in [-0.05, 0) is 19.9 Å². The molecular formula is C29H30N11O7S3+. The Morgan fingerprint density at radius 2 is 1.96 bits per heavy atom. The number of oxime groups is 1. The van der Waals surface area contributed by atoms with Gasteiger partial charge in [0.2, 0.25) is 10.7 Å². The normalized spacial score (nSPS) is 17.7. The van der Waals surface area contributed by atoms with E-state index in [0.29, 0.717) is 17.2 Å². The lowest BCUT2D eigenvalue weighted by molar-refractivity contribution is -0.687. The molecule has 4 aromatic heterocycles. The lowest BCUT2D eigenvalue weighted by Crippen LogP contribution is -2.71. The Bertz CT molecular complexity index is 2130. The largest absolute Gasteiger partial charge is 0.478 e. The van der Waals surface area contributed by atoms with Crippen molar-refractivity contribution in [2.75, 3.05) is 11.5 Å². The van der Waals surface area contributed by atoms with E-state index >= 15 is 0 Å². The molecule has 4 aromatic rings. The number of nitrogen functional groups attached to an aromatic ring is 1. The molecule has 1 saturated heterocycles. The molecule has 0 radical (unpaired) electrons. The molecule has 0 aromatic carbocycles. The van der Waals surface area contributed by atoms with Crippen LogP contribution in [0.25, 0.3) is 10.9 Å². The number of guanidine groups is 1. The molecule has 0 spiro atoms. The lowest BCUT2D eigenvalue weighted by Gasteiger charge is -2.49. The topological polar surface area (TPSA) is 271 Å². The van der Waals surface area contributed by atoms with Gasteiger partial charge in [-0.2, -0.15) is 4.99 Å². The summed E-state index contributed by atoms with van der Waals surface area (Å²) in [6.45, 7) is 3.19. The Balaban J connectivity index is 1.18. The molecule has 50 heavy (non-hydrogen) atoms. The van der Waals surface area contributed by atoms with Crippen molar-refractivity contribution >= 4 is 91.0 Å². The van der Waals surface area contributed by atoms with Gasteiger partial charge in [0.05, 0.1) is 23.1 Å². The fraction of sp³-hybridized carbons (Fsp3) is 0.276. The number of carboxylic acid groups (broad SMARTS) is 2. The molecular weight excluding hydrogens is 711 g/mol. The molecule has 0 aliphatic carbocycles. The van der Waals surface area contributed by atoms with Crippen LogP contribution in [0, 0.1) is 0 Å². The van der Waals surface area contributed by atoms with Crippen LogP contribution in [-0.2, 0) is 37.1 Å². The third kappa shape index (κ3) is 6.82. The van der Waals surface area contributed by atoms with Crippen molar-refractivity contribution in [3.63, 3.8) is 0 Å². The molecule has 2 atom stereocenters. The third-order valence-corrected chi connectivity index (χ3v) is 10.4. The number of thioether (sulfide) groups is 1. The van der Waals surface area contributed by atoms with Crippen LogP contribution >= 0.6 is 34.4 Å². The number of aliphatic imine (C=N–C) groups is 1. The van der Waals surface area contributed by atoms with Crippen molar-refractivity contribution in [1.29, 1.82) is 0 Å². The number of pyridine rings is 1. The van der Waals surface area contributed by atoms with E-state index in [4.69, 9.17) is 22.0 Å². The number of anilines is 1. The Labute approximate surface area is 294 Å². The van der Waals surface area contributed by atoms with E-state index in [0.717, 1.165) is 27.9 Å². The van der Waals surface area contributed by atoms with Gasteiger partial charge in [0.25, 0.3) is 11.8 Å². The monoisotopic (exact) mass is 740 g/mol. The smallest absolute Gasteiger partial charge is 0.352 e. The molecule has 260 valence electrons. The quantitative estimate of drug-likeness (QED) is 0.0378. The first kappa shape index (κ1) is 34.3. The predicted molar refractivity (Wildman–Crippen MR) is 184 cm³/mol. The van der Waals surface area contributed by atoms with Crippen molar-refractivity contribution in [3.05, 3.63) is 64.1 Å². The standard InChI is InChI=1S/C29H29N11O7S3/c1-29(2,25(45)46)47-37-18(16-12-49-27(32)34-16)21(41)35-19-22(42)40-20(24(43)44)14(10-48-23(19)40)8-38-5-4-17-13(7-38)3-6-39(17)9-15-11-50-28(33-15)36-26(30)31/h3-7,11-12,19,23H,8-10H2,1-2H3,(H8-,30,31,32,33,34,35,36,41,43,44,45,46)/p+1/b37-18-/t19-,23-/m1/s1. The Kier molecular flexibility index (Phi) is 9.20. The number of fused-ring (bicyclic) bond motifs is 2. The van der Waals surface area contributed by atoms with Gasteiger partial charge in [0.1, 0.15) is 22.8 Å². The van der Waals surface area contributed by atoms with E-state index in [1.54, 1.807) is 0 Å². The predicted octanol–water partition coefficient (Wildman–Crippen LogP) is 0.400. The van der Waals surface area contributed by atoms with Gasteiger partial charge < -0.3 is 42.1 Å². The molecule has 18 nitrogen and oxygen atoms in total. The minimum Gasteiger partial charge on any atom is -0.478 e. The zero-order valence-electron chi connectivity index (χ0n) is 26.3. The van der Waals surface area contributed by atoms with Crippen LogP contribution in [0.2, 0.25) is 0 Å². The molecule has 1 fully saturated rings. The van der Waals surface area contributed by atoms with E-state index in [-0.39, 0.29) is 34.8 Å². The molecule has 2 amide bonds. The number of aromatic nitrogens is 4. The van der Waals surface area contributed by atoms with Crippen LogP contribution < -0.4 is 27.1 Å². The molecule has 9 N–H and O–H groups in total. The van der Waals surface area contributed by atoms with Crippen LogP contribution in [0.15, 0.2) is 62.9 Å². The highest BCUT2D eigenvalue weighted by Gasteiger charge is 2.55. The summed E-state index contributed by atoms with van der Waals surface area (Å²) in [6.07, 6.45) is 5.64. The number of carbonyl (C=O) groups is 4. The molecule has 6 rings (SSSR count). The lowest BCUT2D eigenvalue weighted by atomic mass is 10.0. The van der Waals surface area contributed by atoms with Crippen molar-refractivity contribution in [3.8, 4) is 0 Å². The number of amides is 2. The van der Waals surface area contributed by atoms with E-state index in [9.17, 15) is 29.4 Å². The van der Waals surface area contributed by atoms with Crippen LogP contribution in [0.5, 0.6) is 0 Å². The van der Waals surface area contributed by atoms with Crippen LogP contribution in [0.1, 0.15) is 25.2 Å². The van der Waals surface area contributed by atoms with Crippen molar-refractivity contribution in [2.24, 2.45) is 21.6 Å². The summed E-state index contributed by atoms with van der Waals surface area (Å²) in [6, 6.07) is 2.76. The van der Waals surface area contributed by atoms with E-state index in [2.05, 4.69) is 25.4 Å². The average molecular weight is 741 g/mol. The molecule has 6 heterocycles. The van der Waals surface area contributed by atoms with E-state index in [1.807, 2.05) is 45.2 Å². The number of thiazole rings is 2. The number of β-lactam (4-membered cyclic amide) rings is 1. The van der Waals surface area contributed by atoms with Gasteiger partial charge in [-0.3, -0.25) is 14.5 Å². The second-order valence-electron chi connectivity index (χ2n) is 11.6. The van der Waals surface area contributed by atoms with Crippen LogP contribution in [0.3, 0.4) is 0 Å². The number of rotatable bonds is 12. The maximum absolute atomic E-state index is 13.4. The molecule has 21 heteroatoms. The third-order valence-electron chi connectivity index (χ3n) is 7.63. The molecule has 0 saturated carbocycles. The minimum atomic E-state index is -1.78. The summed E-state index contributed by atoms with van der Waals surface area (Å²) >= 11 is 3.65. The molecule has 2 aliphatic rings. The summed E-state index contributed by atoms with van der Waals surface area (Å²) in [7, 11) is 0. The van der Waals surface area contributed by atoms with Crippen molar-refractivity contribution in [2.45, 2.75) is 44.0 Å². The first-order chi connectivity index (χ1) is 23.7. The Hall–Kier alpha value is -5.54. The average Bonchev–Trinajstić information content (AvgIpc) is 3.79. The maximum Gasteiger partial charge on any atom is 0.352 e. The van der Waals surface area contributed by atoms with Gasteiger partial charge in [0, 0.05) is 34.3 Å². The first-order valence-electron chi connectivity index (χ1n) is 14.7. The van der Waals surface area contributed by atoms with Gasteiger partial charge in [-0.25, -0.2) is 24.1 Å². The van der Waals surface area contributed by atoms with E-state index in [1.165, 1.54) is 47.2 Å². The Morgan fingerprint density at radius 1 is 1.18 bits per heavy atom. The number of hydrogen-bond acceptors (Lipinski definition) is 13. The fourth-order valence-corrected chi connectivity index (χ4v) is 7.75. The zero-order valence-corrected chi connectivity index (χ0v) is 28.8. The highest BCUT2D eigenvalue weighted by Crippen LogP contribution is 2.40. The molecule has 0 unspecified atom stereocenters. The summed E-state index contributed by atoms with van der Waals surface area (Å²) in [5, 5.41) is 30.0. The van der Waals surface area contributed by atoms with Gasteiger partial charge in [-0.15, -0.1) is 34.4 Å². The van der Waals surface area contributed by atoms with Gasteiger partial charge >= 0.3 is 11.9 Å².